The van der Waals surface area contributed by atoms with Crippen LogP contribution in [0.2, 0.25) is 0 Å². The number of carbonyl (C=O) groups excluding carboxylic acids is 1. The summed E-state index contributed by atoms with van der Waals surface area (Å²) in [5.41, 5.74) is -0.368. The Morgan fingerprint density at radius 3 is 1.53 bits per heavy atom. The highest BCUT2D eigenvalue weighted by Crippen LogP contribution is 2.40. The fraction of sp³-hybridized carbons (Fsp3) is 0.242. The number of rotatable bonds is 10. The molecule has 0 heterocycles. The van der Waals surface area contributed by atoms with Gasteiger partial charge in [-0.2, -0.15) is 0 Å². The van der Waals surface area contributed by atoms with Crippen molar-refractivity contribution in [3.05, 3.63) is 131 Å². The summed E-state index contributed by atoms with van der Waals surface area (Å²) < 4.78 is 87.5. The SMILES string of the molecule is CC(C)(C(=O)NCC(Cc1ccccc1)(c1cccc(OC(F)(F)F)c1)c1cccc(OC(F)(F)F)c1)c1ccccc1. The summed E-state index contributed by atoms with van der Waals surface area (Å²) in [6.45, 7) is 3.28. The van der Waals surface area contributed by atoms with Gasteiger partial charge < -0.3 is 14.8 Å². The molecule has 0 saturated carbocycles. The third kappa shape index (κ3) is 8.09. The summed E-state index contributed by atoms with van der Waals surface area (Å²) in [6, 6.07) is 28.4. The monoisotopic (exact) mass is 601 g/mol. The van der Waals surface area contributed by atoms with Crippen LogP contribution < -0.4 is 14.8 Å². The van der Waals surface area contributed by atoms with E-state index in [1.807, 2.05) is 6.07 Å². The quantitative estimate of drug-likeness (QED) is 0.187. The summed E-state index contributed by atoms with van der Waals surface area (Å²) >= 11 is 0. The zero-order chi connectivity index (χ0) is 31.3. The smallest absolute Gasteiger partial charge is 0.406 e. The number of halogens is 6. The van der Waals surface area contributed by atoms with Crippen LogP contribution in [-0.4, -0.2) is 25.2 Å². The van der Waals surface area contributed by atoms with E-state index >= 15 is 0 Å². The average Bonchev–Trinajstić information content (AvgIpc) is 2.94. The molecule has 0 atom stereocenters. The van der Waals surface area contributed by atoms with Crippen molar-refractivity contribution in [1.82, 2.24) is 5.32 Å². The van der Waals surface area contributed by atoms with E-state index in [4.69, 9.17) is 0 Å². The normalized spacial score (nSPS) is 12.5. The summed E-state index contributed by atoms with van der Waals surface area (Å²) in [7, 11) is 0. The number of carbonyl (C=O) groups is 1. The maximum absolute atomic E-state index is 13.7. The number of hydrogen-bond acceptors (Lipinski definition) is 3. The standard InChI is InChI=1S/C33H29F6NO3/c1-30(2,24-13-7-4-8-14-24)29(41)40-22-31(21-23-11-5-3-6-12-23,25-15-9-17-27(19-25)42-32(34,35)36)26-16-10-18-28(20-26)43-33(37,38)39/h3-20H,21-22H2,1-2H3,(H,40,41). The Hall–Kier alpha value is -4.47. The molecule has 1 N–H and O–H groups in total. The first kappa shape index (κ1) is 31.5. The molecule has 0 aliphatic rings. The van der Waals surface area contributed by atoms with Crippen molar-refractivity contribution in [2.24, 2.45) is 0 Å². The molecular formula is C33H29F6NO3. The number of alkyl halides is 6. The second-order valence-corrected chi connectivity index (χ2v) is 10.6. The van der Waals surface area contributed by atoms with E-state index in [-0.39, 0.29) is 30.0 Å². The van der Waals surface area contributed by atoms with Crippen LogP contribution in [-0.2, 0) is 22.0 Å². The number of ether oxygens (including phenoxy) is 2. The number of hydrogen-bond donors (Lipinski definition) is 1. The van der Waals surface area contributed by atoms with E-state index in [1.165, 1.54) is 24.3 Å². The molecule has 0 saturated heterocycles. The summed E-state index contributed by atoms with van der Waals surface area (Å²) in [6.07, 6.45) is -9.85. The van der Waals surface area contributed by atoms with Crippen molar-refractivity contribution in [2.75, 3.05) is 6.54 Å². The van der Waals surface area contributed by atoms with Crippen LogP contribution in [0.5, 0.6) is 11.5 Å². The fourth-order valence-corrected chi connectivity index (χ4v) is 5.00. The molecule has 4 nitrogen and oxygen atoms in total. The number of amides is 1. The minimum atomic E-state index is -4.98. The zero-order valence-corrected chi connectivity index (χ0v) is 23.3. The van der Waals surface area contributed by atoms with Gasteiger partial charge in [0.2, 0.25) is 5.91 Å². The highest BCUT2D eigenvalue weighted by molar-refractivity contribution is 5.87. The largest absolute Gasteiger partial charge is 0.573 e. The predicted molar refractivity (Wildman–Crippen MR) is 150 cm³/mol. The van der Waals surface area contributed by atoms with Gasteiger partial charge in [0, 0.05) is 12.0 Å². The molecule has 0 spiro atoms. The minimum Gasteiger partial charge on any atom is -0.406 e. The number of benzene rings is 4. The highest BCUT2D eigenvalue weighted by Gasteiger charge is 2.40. The second kappa shape index (κ2) is 12.4. The maximum atomic E-state index is 13.7. The molecular weight excluding hydrogens is 572 g/mol. The van der Waals surface area contributed by atoms with Crippen LogP contribution in [0.1, 0.15) is 36.1 Å². The van der Waals surface area contributed by atoms with Crippen molar-refractivity contribution in [2.45, 2.75) is 43.8 Å². The van der Waals surface area contributed by atoms with Gasteiger partial charge in [0.1, 0.15) is 11.5 Å². The Kier molecular flexibility index (Phi) is 9.08. The number of nitrogens with one attached hydrogen (secondary N) is 1. The first-order chi connectivity index (χ1) is 20.2. The molecule has 4 rings (SSSR count). The molecule has 10 heteroatoms. The van der Waals surface area contributed by atoms with Gasteiger partial charge in [-0.25, -0.2) is 0 Å². The second-order valence-electron chi connectivity index (χ2n) is 10.6. The molecule has 0 unspecified atom stereocenters. The van der Waals surface area contributed by atoms with Gasteiger partial charge in [-0.15, -0.1) is 26.3 Å². The molecule has 226 valence electrons. The molecule has 1 amide bonds. The molecule has 0 fully saturated rings. The Labute approximate surface area is 245 Å². The lowest BCUT2D eigenvalue weighted by Crippen LogP contribution is -2.48. The van der Waals surface area contributed by atoms with Gasteiger partial charge in [0.25, 0.3) is 0 Å². The molecule has 0 bridgehead atoms. The van der Waals surface area contributed by atoms with Crippen molar-refractivity contribution in [3.8, 4) is 11.5 Å². The van der Waals surface area contributed by atoms with E-state index in [0.29, 0.717) is 0 Å². The van der Waals surface area contributed by atoms with E-state index in [9.17, 15) is 31.1 Å². The molecule has 0 aliphatic heterocycles. The van der Waals surface area contributed by atoms with Crippen LogP contribution in [0.15, 0.2) is 109 Å². The Morgan fingerprint density at radius 1 is 0.628 bits per heavy atom. The summed E-state index contributed by atoms with van der Waals surface area (Å²) in [5.74, 6) is -1.41. The predicted octanol–water partition coefficient (Wildman–Crippen LogP) is 8.11. The van der Waals surface area contributed by atoms with Crippen molar-refractivity contribution in [3.63, 3.8) is 0 Å². The molecule has 0 radical (unpaired) electrons. The van der Waals surface area contributed by atoms with E-state index < -0.39 is 35.1 Å². The molecule has 4 aromatic rings. The molecule has 43 heavy (non-hydrogen) atoms. The zero-order valence-electron chi connectivity index (χ0n) is 23.3. The van der Waals surface area contributed by atoms with Gasteiger partial charge in [0.05, 0.1) is 5.41 Å². The van der Waals surface area contributed by atoms with E-state index in [0.717, 1.165) is 23.3 Å². The Morgan fingerprint density at radius 2 is 1.07 bits per heavy atom. The molecule has 0 aromatic heterocycles. The lowest BCUT2D eigenvalue weighted by atomic mass is 9.70. The molecule has 4 aromatic carbocycles. The summed E-state index contributed by atoms with van der Waals surface area (Å²) in [4.78, 5) is 13.7. The van der Waals surface area contributed by atoms with Crippen molar-refractivity contribution >= 4 is 5.91 Å². The lowest BCUT2D eigenvalue weighted by molar-refractivity contribution is -0.275. The maximum Gasteiger partial charge on any atom is 0.573 e. The summed E-state index contributed by atoms with van der Waals surface area (Å²) in [5, 5.41) is 2.95. The van der Waals surface area contributed by atoms with Gasteiger partial charge in [-0.05, 0) is 66.8 Å². The third-order valence-electron chi connectivity index (χ3n) is 7.20. The fourth-order valence-electron chi connectivity index (χ4n) is 5.00. The van der Waals surface area contributed by atoms with Crippen LogP contribution in [0.4, 0.5) is 26.3 Å². The van der Waals surface area contributed by atoms with E-state index in [2.05, 4.69) is 14.8 Å². The first-order valence-corrected chi connectivity index (χ1v) is 13.3. The van der Waals surface area contributed by atoms with Crippen LogP contribution in [0.25, 0.3) is 0 Å². The van der Waals surface area contributed by atoms with Gasteiger partial charge >= 0.3 is 12.7 Å². The van der Waals surface area contributed by atoms with E-state index in [1.54, 1.807) is 80.6 Å². The van der Waals surface area contributed by atoms with Gasteiger partial charge in [-0.3, -0.25) is 4.79 Å². The minimum absolute atomic E-state index is 0.102. The van der Waals surface area contributed by atoms with Crippen molar-refractivity contribution in [1.29, 1.82) is 0 Å². The first-order valence-electron chi connectivity index (χ1n) is 13.3. The average molecular weight is 602 g/mol. The van der Waals surface area contributed by atoms with Gasteiger partial charge in [-0.1, -0.05) is 84.9 Å². The van der Waals surface area contributed by atoms with Crippen LogP contribution >= 0.6 is 0 Å². The van der Waals surface area contributed by atoms with Crippen molar-refractivity contribution < 1.29 is 40.6 Å². The van der Waals surface area contributed by atoms with Gasteiger partial charge in [0.15, 0.2) is 0 Å². The third-order valence-corrected chi connectivity index (χ3v) is 7.20. The highest BCUT2D eigenvalue weighted by atomic mass is 19.4. The topological polar surface area (TPSA) is 47.6 Å². The van der Waals surface area contributed by atoms with Crippen LogP contribution in [0, 0.1) is 0 Å². The Bertz CT molecular complexity index is 1460. The molecule has 0 aliphatic carbocycles. The Balaban J connectivity index is 1.88. The lowest BCUT2D eigenvalue weighted by Gasteiger charge is -2.37. The van der Waals surface area contributed by atoms with Crippen LogP contribution in [0.3, 0.4) is 0 Å².